The SMILES string of the molecule is Cc1cccc(-c2nc(N)n(C)c2C)c1. The van der Waals surface area contributed by atoms with Crippen LogP contribution in [0.25, 0.3) is 11.3 Å². The molecule has 1 aromatic heterocycles. The lowest BCUT2D eigenvalue weighted by Gasteiger charge is -2.01. The second-order valence-corrected chi connectivity index (χ2v) is 3.83. The van der Waals surface area contributed by atoms with Gasteiger partial charge in [0.1, 0.15) is 0 Å². The first-order chi connectivity index (χ1) is 7.09. The molecule has 0 aliphatic heterocycles. The molecule has 0 unspecified atom stereocenters. The third kappa shape index (κ3) is 1.61. The number of nitrogen functional groups attached to an aromatic ring is 1. The number of anilines is 1. The van der Waals surface area contributed by atoms with Crippen LogP contribution in [0, 0.1) is 13.8 Å². The average molecular weight is 201 g/mol. The molecular weight excluding hydrogens is 186 g/mol. The lowest BCUT2D eigenvalue weighted by Crippen LogP contribution is -1.97. The first-order valence-electron chi connectivity index (χ1n) is 4.95. The fraction of sp³-hybridized carbons (Fsp3) is 0.250. The number of aryl methyl sites for hydroxylation is 1. The van der Waals surface area contributed by atoms with E-state index in [0.717, 1.165) is 17.0 Å². The summed E-state index contributed by atoms with van der Waals surface area (Å²) in [6.07, 6.45) is 0. The van der Waals surface area contributed by atoms with Crippen LogP contribution < -0.4 is 5.73 Å². The van der Waals surface area contributed by atoms with E-state index < -0.39 is 0 Å². The van der Waals surface area contributed by atoms with E-state index in [9.17, 15) is 0 Å². The summed E-state index contributed by atoms with van der Waals surface area (Å²) in [6, 6.07) is 8.29. The molecule has 0 atom stereocenters. The van der Waals surface area contributed by atoms with Gasteiger partial charge in [0.15, 0.2) is 0 Å². The van der Waals surface area contributed by atoms with Gasteiger partial charge in [-0.3, -0.25) is 0 Å². The molecule has 3 nitrogen and oxygen atoms in total. The van der Waals surface area contributed by atoms with Gasteiger partial charge in [-0.05, 0) is 19.9 Å². The zero-order valence-electron chi connectivity index (χ0n) is 9.28. The van der Waals surface area contributed by atoms with Gasteiger partial charge < -0.3 is 10.3 Å². The van der Waals surface area contributed by atoms with Crippen LogP contribution >= 0.6 is 0 Å². The highest BCUT2D eigenvalue weighted by molar-refractivity contribution is 5.64. The standard InChI is InChI=1S/C12H15N3/c1-8-5-4-6-10(7-8)11-9(2)15(3)12(13)14-11/h4-7H,1-3H3,(H2,13,14). The molecule has 0 spiro atoms. The molecule has 1 heterocycles. The minimum atomic E-state index is 0.559. The molecule has 78 valence electrons. The van der Waals surface area contributed by atoms with E-state index in [1.165, 1.54) is 5.56 Å². The minimum absolute atomic E-state index is 0.559. The summed E-state index contributed by atoms with van der Waals surface area (Å²) in [5, 5.41) is 0. The number of aromatic nitrogens is 2. The van der Waals surface area contributed by atoms with Crippen molar-refractivity contribution >= 4 is 5.95 Å². The highest BCUT2D eigenvalue weighted by atomic mass is 15.1. The average Bonchev–Trinajstić information content (AvgIpc) is 2.46. The molecule has 0 radical (unpaired) electrons. The number of hydrogen-bond acceptors (Lipinski definition) is 2. The molecule has 0 saturated carbocycles. The molecule has 2 rings (SSSR count). The van der Waals surface area contributed by atoms with Crippen molar-refractivity contribution in [3.05, 3.63) is 35.5 Å². The Kier molecular flexibility index (Phi) is 2.23. The third-order valence-electron chi connectivity index (χ3n) is 2.71. The van der Waals surface area contributed by atoms with Crippen molar-refractivity contribution in [1.29, 1.82) is 0 Å². The van der Waals surface area contributed by atoms with Crippen LogP contribution in [0.3, 0.4) is 0 Å². The maximum Gasteiger partial charge on any atom is 0.200 e. The summed E-state index contributed by atoms with van der Waals surface area (Å²) in [7, 11) is 1.93. The number of imidazole rings is 1. The van der Waals surface area contributed by atoms with Gasteiger partial charge in [0.25, 0.3) is 0 Å². The fourth-order valence-corrected chi connectivity index (χ4v) is 1.67. The van der Waals surface area contributed by atoms with Crippen molar-refractivity contribution in [2.24, 2.45) is 7.05 Å². The number of nitrogens with two attached hydrogens (primary N) is 1. The zero-order chi connectivity index (χ0) is 11.0. The Labute approximate surface area is 89.6 Å². The van der Waals surface area contributed by atoms with Crippen LogP contribution in [0.2, 0.25) is 0 Å². The Morgan fingerprint density at radius 3 is 2.53 bits per heavy atom. The quantitative estimate of drug-likeness (QED) is 0.769. The third-order valence-corrected chi connectivity index (χ3v) is 2.71. The van der Waals surface area contributed by atoms with Crippen LogP contribution in [0.4, 0.5) is 5.95 Å². The second kappa shape index (κ2) is 3.42. The van der Waals surface area contributed by atoms with Crippen molar-refractivity contribution in [3.63, 3.8) is 0 Å². The Morgan fingerprint density at radius 2 is 2.00 bits per heavy atom. The molecule has 0 aliphatic rings. The summed E-state index contributed by atoms with van der Waals surface area (Å²) < 4.78 is 1.90. The molecule has 0 aliphatic carbocycles. The van der Waals surface area contributed by atoms with Gasteiger partial charge in [-0.2, -0.15) is 0 Å². The van der Waals surface area contributed by atoms with E-state index >= 15 is 0 Å². The number of nitrogens with zero attached hydrogens (tertiary/aromatic N) is 2. The zero-order valence-corrected chi connectivity index (χ0v) is 9.28. The molecule has 0 amide bonds. The number of hydrogen-bond donors (Lipinski definition) is 1. The van der Waals surface area contributed by atoms with Crippen LogP contribution in [0.5, 0.6) is 0 Å². The molecule has 0 bridgehead atoms. The van der Waals surface area contributed by atoms with E-state index in [0.29, 0.717) is 5.95 Å². The molecule has 3 heteroatoms. The Balaban J connectivity index is 2.59. The predicted molar refractivity (Wildman–Crippen MR) is 62.5 cm³/mol. The van der Waals surface area contributed by atoms with Crippen LogP contribution in [-0.4, -0.2) is 9.55 Å². The van der Waals surface area contributed by atoms with Gasteiger partial charge in [-0.15, -0.1) is 0 Å². The Hall–Kier alpha value is -1.77. The van der Waals surface area contributed by atoms with Gasteiger partial charge >= 0.3 is 0 Å². The van der Waals surface area contributed by atoms with Crippen LogP contribution in [-0.2, 0) is 7.05 Å². The predicted octanol–water partition coefficient (Wildman–Crippen LogP) is 2.29. The lowest BCUT2D eigenvalue weighted by atomic mass is 10.1. The first-order valence-corrected chi connectivity index (χ1v) is 4.95. The van der Waals surface area contributed by atoms with Crippen molar-refractivity contribution < 1.29 is 0 Å². The summed E-state index contributed by atoms with van der Waals surface area (Å²) in [4.78, 5) is 4.36. The molecule has 2 aromatic rings. The van der Waals surface area contributed by atoms with E-state index in [1.807, 2.05) is 24.6 Å². The molecule has 2 N–H and O–H groups in total. The van der Waals surface area contributed by atoms with Crippen LogP contribution in [0.1, 0.15) is 11.3 Å². The first kappa shape index (κ1) is 9.77. The molecular formula is C12H15N3. The van der Waals surface area contributed by atoms with Gasteiger partial charge in [0, 0.05) is 18.3 Å². The molecule has 1 aromatic carbocycles. The fourth-order valence-electron chi connectivity index (χ4n) is 1.67. The summed E-state index contributed by atoms with van der Waals surface area (Å²) in [5.41, 5.74) is 10.2. The van der Waals surface area contributed by atoms with Gasteiger partial charge in [-0.25, -0.2) is 4.98 Å². The van der Waals surface area contributed by atoms with Gasteiger partial charge in [-0.1, -0.05) is 23.8 Å². The highest BCUT2D eigenvalue weighted by Crippen LogP contribution is 2.24. The lowest BCUT2D eigenvalue weighted by molar-refractivity contribution is 0.889. The maximum absolute atomic E-state index is 5.77. The van der Waals surface area contributed by atoms with Gasteiger partial charge in [0.05, 0.1) is 5.69 Å². The minimum Gasteiger partial charge on any atom is -0.369 e. The number of benzene rings is 1. The van der Waals surface area contributed by atoms with E-state index in [2.05, 4.69) is 30.1 Å². The summed E-state index contributed by atoms with van der Waals surface area (Å²) >= 11 is 0. The van der Waals surface area contributed by atoms with E-state index in [4.69, 9.17) is 5.73 Å². The number of rotatable bonds is 1. The van der Waals surface area contributed by atoms with Crippen molar-refractivity contribution in [2.75, 3.05) is 5.73 Å². The topological polar surface area (TPSA) is 43.8 Å². The van der Waals surface area contributed by atoms with Crippen molar-refractivity contribution in [2.45, 2.75) is 13.8 Å². The molecule has 0 fully saturated rings. The molecule has 0 saturated heterocycles. The van der Waals surface area contributed by atoms with Crippen molar-refractivity contribution in [3.8, 4) is 11.3 Å². The van der Waals surface area contributed by atoms with Gasteiger partial charge in [0.2, 0.25) is 5.95 Å². The largest absolute Gasteiger partial charge is 0.369 e. The normalized spacial score (nSPS) is 10.6. The maximum atomic E-state index is 5.77. The van der Waals surface area contributed by atoms with E-state index in [1.54, 1.807) is 0 Å². The smallest absolute Gasteiger partial charge is 0.200 e. The van der Waals surface area contributed by atoms with E-state index in [-0.39, 0.29) is 0 Å². The Bertz CT molecular complexity index is 498. The summed E-state index contributed by atoms with van der Waals surface area (Å²) in [6.45, 7) is 4.10. The van der Waals surface area contributed by atoms with Crippen molar-refractivity contribution in [1.82, 2.24) is 9.55 Å². The second-order valence-electron chi connectivity index (χ2n) is 3.83. The molecule has 15 heavy (non-hydrogen) atoms. The Morgan fingerprint density at radius 1 is 1.27 bits per heavy atom. The summed E-state index contributed by atoms with van der Waals surface area (Å²) in [5.74, 6) is 0.559. The monoisotopic (exact) mass is 201 g/mol. The highest BCUT2D eigenvalue weighted by Gasteiger charge is 2.10. The van der Waals surface area contributed by atoms with Crippen LogP contribution in [0.15, 0.2) is 24.3 Å².